The minimum absolute atomic E-state index is 0.299. The number of hydrogen-bond donors (Lipinski definition) is 0. The Kier molecular flexibility index (Phi) is 5.99. The number of benzene rings is 1. The van der Waals surface area contributed by atoms with Crippen molar-refractivity contribution >= 4 is 57.5 Å². The maximum absolute atomic E-state index is 12.5. The Morgan fingerprint density at radius 3 is 2.57 bits per heavy atom. The fraction of sp³-hybridized carbons (Fsp3) is 0.250. The third-order valence-electron chi connectivity index (χ3n) is 4.55. The van der Waals surface area contributed by atoms with Gasteiger partial charge in [-0.15, -0.1) is 0 Å². The number of rotatable bonds is 4. The molecular weight excluding hydrogens is 491 g/mol. The first kappa shape index (κ1) is 20.7. The lowest BCUT2D eigenvalue weighted by molar-refractivity contribution is -0.143. The lowest BCUT2D eigenvalue weighted by Gasteiger charge is -2.11. The largest absolute Gasteiger partial charge is 0.468 e. The molecule has 2 aromatic rings. The number of carbonyl (C=O) groups excluding carboxylic acids is 3. The fourth-order valence-electron chi connectivity index (χ4n) is 3.07. The first-order valence-electron chi connectivity index (χ1n) is 8.50. The minimum Gasteiger partial charge on any atom is -0.468 e. The van der Waals surface area contributed by atoms with Crippen LogP contribution in [0.15, 0.2) is 29.2 Å². The molecule has 0 unspecified atom stereocenters. The summed E-state index contributed by atoms with van der Waals surface area (Å²) in [7, 11) is 1.22. The second kappa shape index (κ2) is 8.12. The van der Waals surface area contributed by atoms with Crippen LogP contribution in [0.1, 0.15) is 22.5 Å². The van der Waals surface area contributed by atoms with E-state index in [-0.39, 0.29) is 6.54 Å². The molecule has 1 aromatic carbocycles. The number of esters is 1. The summed E-state index contributed by atoms with van der Waals surface area (Å²) >= 11 is 3.14. The Hall–Kier alpha value is -2.07. The summed E-state index contributed by atoms with van der Waals surface area (Å²) in [6.45, 7) is 5.67. The lowest BCUT2D eigenvalue weighted by atomic mass is 10.2. The van der Waals surface area contributed by atoms with Crippen molar-refractivity contribution in [3.8, 4) is 5.69 Å². The molecule has 1 aromatic heterocycles. The van der Waals surface area contributed by atoms with E-state index in [1.807, 2.05) is 19.9 Å². The van der Waals surface area contributed by atoms with Gasteiger partial charge in [-0.3, -0.25) is 19.3 Å². The summed E-state index contributed by atoms with van der Waals surface area (Å²) in [5.41, 5.74) is 5.09. The molecule has 3 rings (SSSR count). The number of carbonyl (C=O) groups is 3. The van der Waals surface area contributed by atoms with Crippen LogP contribution in [0.5, 0.6) is 0 Å². The molecule has 0 spiro atoms. The zero-order valence-corrected chi connectivity index (χ0v) is 18.9. The monoisotopic (exact) mass is 510 g/mol. The van der Waals surface area contributed by atoms with Crippen LogP contribution in [0.25, 0.3) is 11.8 Å². The second-order valence-corrected chi connectivity index (χ2v) is 8.59. The number of methoxy groups -OCH3 is 1. The molecule has 2 amide bonds. The Morgan fingerprint density at radius 2 is 1.93 bits per heavy atom. The lowest BCUT2D eigenvalue weighted by Crippen LogP contribution is -2.34. The van der Waals surface area contributed by atoms with Crippen LogP contribution in [0.3, 0.4) is 0 Å². The zero-order valence-electron chi connectivity index (χ0n) is 15.9. The molecule has 0 bridgehead atoms. The van der Waals surface area contributed by atoms with Crippen LogP contribution < -0.4 is 0 Å². The van der Waals surface area contributed by atoms with Gasteiger partial charge in [0.2, 0.25) is 0 Å². The zero-order chi connectivity index (χ0) is 20.6. The Morgan fingerprint density at radius 1 is 1.21 bits per heavy atom. The van der Waals surface area contributed by atoms with Gasteiger partial charge >= 0.3 is 5.97 Å². The van der Waals surface area contributed by atoms with Crippen molar-refractivity contribution in [3.05, 3.63) is 55.3 Å². The van der Waals surface area contributed by atoms with E-state index < -0.39 is 17.1 Å². The summed E-state index contributed by atoms with van der Waals surface area (Å²) in [4.78, 5) is 37.3. The van der Waals surface area contributed by atoms with E-state index in [1.165, 1.54) is 16.2 Å². The molecule has 28 heavy (non-hydrogen) atoms. The molecule has 2 heterocycles. The van der Waals surface area contributed by atoms with Gasteiger partial charge in [0.25, 0.3) is 11.1 Å². The van der Waals surface area contributed by atoms with E-state index in [0.29, 0.717) is 4.91 Å². The van der Waals surface area contributed by atoms with E-state index >= 15 is 0 Å². The molecule has 1 aliphatic heterocycles. The summed E-state index contributed by atoms with van der Waals surface area (Å²) in [6, 6.07) is 8.23. The molecule has 1 saturated heterocycles. The molecule has 8 heteroatoms. The average Bonchev–Trinajstić information content (AvgIpc) is 3.07. The first-order valence-corrected chi connectivity index (χ1v) is 10.4. The van der Waals surface area contributed by atoms with Gasteiger partial charge in [0, 0.05) is 20.6 Å². The highest BCUT2D eigenvalue weighted by molar-refractivity contribution is 14.1. The van der Waals surface area contributed by atoms with Crippen LogP contribution in [-0.2, 0) is 14.3 Å². The number of hydrogen-bond acceptors (Lipinski definition) is 5. The molecule has 0 aliphatic carbocycles. The molecule has 1 aliphatic rings. The van der Waals surface area contributed by atoms with Crippen molar-refractivity contribution in [2.24, 2.45) is 0 Å². The van der Waals surface area contributed by atoms with Crippen molar-refractivity contribution in [3.63, 3.8) is 0 Å². The number of nitrogens with zero attached hydrogens (tertiary/aromatic N) is 2. The van der Waals surface area contributed by atoms with Gasteiger partial charge < -0.3 is 9.30 Å². The molecule has 146 valence electrons. The van der Waals surface area contributed by atoms with Gasteiger partial charge in [0.05, 0.1) is 12.0 Å². The predicted octanol–water partition coefficient (Wildman–Crippen LogP) is 4.22. The van der Waals surface area contributed by atoms with E-state index in [0.717, 1.165) is 39.3 Å². The minimum atomic E-state index is -0.629. The SMILES string of the molecule is COC(=O)CN1C(=O)S/C(=C\c2cc(C)n(-c3ccc(I)c(C)c3)c2C)C1=O. The number of aryl methyl sites for hydroxylation is 2. The van der Waals surface area contributed by atoms with Crippen LogP contribution >= 0.6 is 34.4 Å². The normalized spacial score (nSPS) is 15.6. The van der Waals surface area contributed by atoms with Crippen molar-refractivity contribution < 1.29 is 19.1 Å². The smallest absolute Gasteiger partial charge is 0.325 e. The van der Waals surface area contributed by atoms with Crippen molar-refractivity contribution in [2.75, 3.05) is 13.7 Å². The predicted molar refractivity (Wildman–Crippen MR) is 117 cm³/mol. The standard InChI is InChI=1S/C20H19IN2O4S/c1-11-7-15(5-6-16(11)21)23-12(2)8-14(13(23)3)9-17-19(25)22(20(26)28-17)10-18(24)27-4/h5-9H,10H2,1-4H3/b17-9-. The number of thioether (sulfide) groups is 1. The quantitative estimate of drug-likeness (QED) is 0.350. The fourth-order valence-corrected chi connectivity index (χ4v) is 4.23. The van der Waals surface area contributed by atoms with Gasteiger partial charge in [-0.05, 0) is 96.6 Å². The highest BCUT2D eigenvalue weighted by Gasteiger charge is 2.36. The maximum atomic E-state index is 12.5. The Bertz CT molecular complexity index is 1030. The highest BCUT2D eigenvalue weighted by atomic mass is 127. The van der Waals surface area contributed by atoms with Gasteiger partial charge in [-0.25, -0.2) is 0 Å². The number of ether oxygens (including phenoxy) is 1. The first-order chi connectivity index (χ1) is 13.2. The Balaban J connectivity index is 1.95. The molecule has 1 fully saturated rings. The van der Waals surface area contributed by atoms with E-state index in [2.05, 4.69) is 57.0 Å². The molecule has 0 N–H and O–H groups in total. The molecule has 0 saturated carbocycles. The second-order valence-electron chi connectivity index (χ2n) is 6.44. The summed E-state index contributed by atoms with van der Waals surface area (Å²) in [6.07, 6.45) is 1.71. The van der Waals surface area contributed by atoms with Crippen molar-refractivity contribution in [1.82, 2.24) is 9.47 Å². The van der Waals surface area contributed by atoms with Crippen molar-refractivity contribution in [1.29, 1.82) is 0 Å². The summed E-state index contributed by atoms with van der Waals surface area (Å²) in [5, 5.41) is -0.469. The van der Waals surface area contributed by atoms with Gasteiger partial charge in [0.15, 0.2) is 0 Å². The van der Waals surface area contributed by atoms with Gasteiger partial charge in [0.1, 0.15) is 6.54 Å². The Labute approximate surface area is 181 Å². The molecular formula is C20H19IN2O4S. The summed E-state index contributed by atoms with van der Waals surface area (Å²) in [5.74, 6) is -1.11. The maximum Gasteiger partial charge on any atom is 0.325 e. The van der Waals surface area contributed by atoms with Crippen LogP contribution in [0.4, 0.5) is 4.79 Å². The molecule has 0 atom stereocenters. The molecule has 0 radical (unpaired) electrons. The van der Waals surface area contributed by atoms with E-state index in [1.54, 1.807) is 6.08 Å². The highest BCUT2D eigenvalue weighted by Crippen LogP contribution is 2.33. The summed E-state index contributed by atoms with van der Waals surface area (Å²) < 4.78 is 7.87. The van der Waals surface area contributed by atoms with Gasteiger partial charge in [-0.1, -0.05) is 0 Å². The van der Waals surface area contributed by atoms with E-state index in [9.17, 15) is 14.4 Å². The van der Waals surface area contributed by atoms with Gasteiger partial charge in [-0.2, -0.15) is 0 Å². The van der Waals surface area contributed by atoms with Crippen LogP contribution in [0, 0.1) is 24.3 Å². The van der Waals surface area contributed by atoms with Crippen LogP contribution in [-0.4, -0.2) is 40.2 Å². The topological polar surface area (TPSA) is 68.6 Å². The molecule has 6 nitrogen and oxygen atoms in total. The number of aromatic nitrogens is 1. The number of imide groups is 1. The van der Waals surface area contributed by atoms with E-state index in [4.69, 9.17) is 0 Å². The number of amides is 2. The van der Waals surface area contributed by atoms with Crippen LogP contribution in [0.2, 0.25) is 0 Å². The average molecular weight is 510 g/mol. The third kappa shape index (κ3) is 3.88. The van der Waals surface area contributed by atoms with Crippen molar-refractivity contribution in [2.45, 2.75) is 20.8 Å². The number of halogens is 1. The third-order valence-corrected chi connectivity index (χ3v) is 6.66.